The normalized spacial score (nSPS) is 19.1. The molecule has 2 N–H and O–H groups in total. The van der Waals surface area contributed by atoms with Gasteiger partial charge in [0.2, 0.25) is 0 Å². The second-order valence-electron chi connectivity index (χ2n) is 5.76. The van der Waals surface area contributed by atoms with Crippen LogP contribution in [0.3, 0.4) is 0 Å². The molecule has 0 spiro atoms. The summed E-state index contributed by atoms with van der Waals surface area (Å²) in [5.74, 6) is 0.776. The van der Waals surface area contributed by atoms with Crippen molar-refractivity contribution in [2.24, 2.45) is 11.7 Å². The van der Waals surface area contributed by atoms with Crippen molar-refractivity contribution < 1.29 is 0 Å². The zero-order valence-electron chi connectivity index (χ0n) is 12.6. The Hall–Kier alpha value is -1.35. The van der Waals surface area contributed by atoms with Gasteiger partial charge in [0.1, 0.15) is 0 Å². The Kier molecular flexibility index (Phi) is 5.60. The molecule has 110 valence electrons. The molecule has 1 aromatic heterocycles. The van der Waals surface area contributed by atoms with Gasteiger partial charge in [-0.3, -0.25) is 4.98 Å². The minimum absolute atomic E-state index is 0.612. The summed E-state index contributed by atoms with van der Waals surface area (Å²) in [4.78, 5) is 6.71. The minimum Gasteiger partial charge on any atom is -0.375 e. The highest BCUT2D eigenvalue weighted by molar-refractivity contribution is 5.23. The largest absolute Gasteiger partial charge is 0.375 e. The summed E-state index contributed by atoms with van der Waals surface area (Å²) in [5, 5.41) is 0. The first-order chi connectivity index (χ1) is 9.74. The molecule has 0 aromatic carbocycles. The fourth-order valence-corrected chi connectivity index (χ4v) is 3.05. The quantitative estimate of drug-likeness (QED) is 0.866. The number of allylic oxidation sites excluding steroid dienone is 1. The molecular formula is C17H27N3. The van der Waals surface area contributed by atoms with Gasteiger partial charge in [-0.15, -0.1) is 0 Å². The van der Waals surface area contributed by atoms with E-state index in [4.69, 9.17) is 5.73 Å². The van der Waals surface area contributed by atoms with E-state index in [0.717, 1.165) is 18.8 Å². The predicted molar refractivity (Wildman–Crippen MR) is 84.2 cm³/mol. The highest BCUT2D eigenvalue weighted by atomic mass is 15.1. The molecule has 0 bridgehead atoms. The van der Waals surface area contributed by atoms with Crippen LogP contribution in [0.2, 0.25) is 0 Å². The van der Waals surface area contributed by atoms with Crippen molar-refractivity contribution in [1.82, 2.24) is 9.88 Å². The highest BCUT2D eigenvalue weighted by Crippen LogP contribution is 2.25. The van der Waals surface area contributed by atoms with Gasteiger partial charge in [0, 0.05) is 37.7 Å². The third-order valence-electron chi connectivity index (χ3n) is 4.42. The maximum atomic E-state index is 5.79. The lowest BCUT2D eigenvalue weighted by atomic mass is 9.90. The van der Waals surface area contributed by atoms with Crippen LogP contribution in [0.4, 0.5) is 0 Å². The Morgan fingerprint density at radius 2 is 2.35 bits per heavy atom. The number of rotatable bonds is 6. The molecule has 0 aliphatic carbocycles. The van der Waals surface area contributed by atoms with Crippen molar-refractivity contribution in [3.63, 3.8) is 0 Å². The molecule has 3 nitrogen and oxygen atoms in total. The molecule has 2 rings (SSSR count). The maximum Gasteiger partial charge on any atom is 0.0303 e. The number of nitrogens with two attached hydrogens (primary N) is 1. The predicted octanol–water partition coefficient (Wildman–Crippen LogP) is 3.11. The molecule has 0 saturated carbocycles. The second-order valence-corrected chi connectivity index (χ2v) is 5.76. The Morgan fingerprint density at radius 1 is 1.50 bits per heavy atom. The van der Waals surface area contributed by atoms with E-state index < -0.39 is 0 Å². The average Bonchev–Trinajstić information content (AvgIpc) is 2.52. The van der Waals surface area contributed by atoms with Gasteiger partial charge in [-0.25, -0.2) is 0 Å². The number of pyridine rings is 1. The summed E-state index contributed by atoms with van der Waals surface area (Å²) in [5.41, 5.74) is 9.64. The zero-order valence-corrected chi connectivity index (χ0v) is 12.6. The van der Waals surface area contributed by atoms with Crippen molar-refractivity contribution in [2.75, 3.05) is 13.1 Å². The summed E-state index contributed by atoms with van der Waals surface area (Å²) >= 11 is 0. The van der Waals surface area contributed by atoms with Crippen molar-refractivity contribution in [1.29, 1.82) is 0 Å². The molecule has 1 aromatic rings. The molecule has 1 aliphatic heterocycles. The fraction of sp³-hybridized carbons (Fsp3) is 0.588. The summed E-state index contributed by atoms with van der Waals surface area (Å²) in [6.45, 7) is 9.33. The van der Waals surface area contributed by atoms with E-state index in [9.17, 15) is 0 Å². The van der Waals surface area contributed by atoms with Gasteiger partial charge in [0.15, 0.2) is 0 Å². The number of hydrogen-bond acceptors (Lipinski definition) is 3. The van der Waals surface area contributed by atoms with Crippen LogP contribution in [-0.2, 0) is 13.0 Å². The molecule has 1 fully saturated rings. The molecule has 20 heavy (non-hydrogen) atoms. The van der Waals surface area contributed by atoms with E-state index in [-0.39, 0.29) is 0 Å². The third kappa shape index (κ3) is 3.83. The summed E-state index contributed by atoms with van der Waals surface area (Å²) < 4.78 is 0. The zero-order chi connectivity index (χ0) is 14.4. The SMILES string of the molecule is C=C(CC)N1CCCC(CCc2cnccc2CN)C1. The number of nitrogens with zero attached hydrogens (tertiary/aromatic N) is 2. The Balaban J connectivity index is 1.88. The van der Waals surface area contributed by atoms with Gasteiger partial charge in [-0.2, -0.15) is 0 Å². The third-order valence-corrected chi connectivity index (χ3v) is 4.42. The lowest BCUT2D eigenvalue weighted by Crippen LogP contribution is -2.34. The van der Waals surface area contributed by atoms with Crippen LogP contribution in [0.5, 0.6) is 0 Å². The first kappa shape index (κ1) is 15.0. The van der Waals surface area contributed by atoms with E-state index in [2.05, 4.69) is 23.4 Å². The lowest BCUT2D eigenvalue weighted by Gasteiger charge is -2.35. The smallest absolute Gasteiger partial charge is 0.0303 e. The van der Waals surface area contributed by atoms with Gasteiger partial charge in [0.25, 0.3) is 0 Å². The topological polar surface area (TPSA) is 42.2 Å². The summed E-state index contributed by atoms with van der Waals surface area (Å²) in [6.07, 6.45) is 9.83. The lowest BCUT2D eigenvalue weighted by molar-refractivity contribution is 0.206. The maximum absolute atomic E-state index is 5.79. The molecule has 0 amide bonds. The second kappa shape index (κ2) is 7.44. The van der Waals surface area contributed by atoms with Crippen LogP contribution in [0.15, 0.2) is 30.7 Å². The van der Waals surface area contributed by atoms with E-state index in [1.54, 1.807) is 0 Å². The van der Waals surface area contributed by atoms with Gasteiger partial charge < -0.3 is 10.6 Å². The average molecular weight is 273 g/mol. The van der Waals surface area contributed by atoms with Crippen molar-refractivity contribution in [2.45, 2.75) is 45.6 Å². The van der Waals surface area contributed by atoms with Crippen molar-refractivity contribution in [3.8, 4) is 0 Å². The van der Waals surface area contributed by atoms with Crippen LogP contribution in [-0.4, -0.2) is 23.0 Å². The van der Waals surface area contributed by atoms with Crippen molar-refractivity contribution >= 4 is 0 Å². The van der Waals surface area contributed by atoms with Gasteiger partial charge >= 0.3 is 0 Å². The first-order valence-electron chi connectivity index (χ1n) is 7.79. The Bertz CT molecular complexity index is 442. The van der Waals surface area contributed by atoms with Gasteiger partial charge in [-0.05, 0) is 55.2 Å². The van der Waals surface area contributed by atoms with Gasteiger partial charge in [0.05, 0.1) is 0 Å². The standard InChI is InChI=1S/C17H27N3/c1-3-14(2)20-10-4-5-15(13-20)6-7-17-12-19-9-8-16(17)11-18/h8-9,12,15H,2-7,10-11,13,18H2,1H3. The van der Waals surface area contributed by atoms with E-state index in [1.807, 2.05) is 18.5 Å². The Labute approximate surface area is 122 Å². The van der Waals surface area contributed by atoms with Crippen LogP contribution in [0.25, 0.3) is 0 Å². The number of aryl methyl sites for hydroxylation is 1. The minimum atomic E-state index is 0.612. The molecule has 2 heterocycles. The number of piperidine rings is 1. The molecule has 0 radical (unpaired) electrons. The van der Waals surface area contributed by atoms with Gasteiger partial charge in [-0.1, -0.05) is 13.5 Å². The van der Waals surface area contributed by atoms with E-state index in [0.29, 0.717) is 6.54 Å². The molecule has 1 unspecified atom stereocenters. The van der Waals surface area contributed by atoms with Crippen molar-refractivity contribution in [3.05, 3.63) is 41.9 Å². The number of aromatic nitrogens is 1. The highest BCUT2D eigenvalue weighted by Gasteiger charge is 2.20. The summed E-state index contributed by atoms with van der Waals surface area (Å²) in [6, 6.07) is 2.04. The van der Waals surface area contributed by atoms with E-state index >= 15 is 0 Å². The molecule has 3 heteroatoms. The van der Waals surface area contributed by atoms with Crippen LogP contribution < -0.4 is 5.73 Å². The number of hydrogen-bond donors (Lipinski definition) is 1. The van der Waals surface area contributed by atoms with Crippen LogP contribution >= 0.6 is 0 Å². The van der Waals surface area contributed by atoms with E-state index in [1.165, 1.54) is 49.2 Å². The fourth-order valence-electron chi connectivity index (χ4n) is 3.05. The molecular weight excluding hydrogens is 246 g/mol. The number of likely N-dealkylation sites (tertiary alicyclic amines) is 1. The van der Waals surface area contributed by atoms with Crippen LogP contribution in [0.1, 0.15) is 43.7 Å². The monoisotopic (exact) mass is 273 g/mol. The van der Waals surface area contributed by atoms with Crippen LogP contribution in [0, 0.1) is 5.92 Å². The molecule has 1 atom stereocenters. The summed E-state index contributed by atoms with van der Waals surface area (Å²) in [7, 11) is 0. The first-order valence-corrected chi connectivity index (χ1v) is 7.79. The molecule has 1 saturated heterocycles. The Morgan fingerprint density at radius 3 is 3.10 bits per heavy atom. The molecule has 1 aliphatic rings.